The van der Waals surface area contributed by atoms with Gasteiger partial charge in [-0.1, -0.05) is 20.8 Å². The van der Waals surface area contributed by atoms with Crippen LogP contribution in [0.3, 0.4) is 0 Å². The molecule has 172 valence electrons. The van der Waals surface area contributed by atoms with Crippen LogP contribution in [0.25, 0.3) is 6.08 Å². The third-order valence-corrected chi connectivity index (χ3v) is 10.9. The molecule has 0 saturated heterocycles. The standard InChI is InChI=1S/C23H35NO6Si/c1-22(2,3)24(21(26)27)18-15-17(11-10-16(18)14-19(24)20(25)28-7)29-12-13-30-31(8,9)23(4,5)6/h10-11,14-15H,12-13H2,1-9H3/p+1. The fraction of sp³-hybridized carbons (Fsp3) is 0.565. The van der Waals surface area contributed by atoms with E-state index in [0.717, 1.165) is 0 Å². The van der Waals surface area contributed by atoms with Gasteiger partial charge in [-0.2, -0.15) is 4.79 Å². The second kappa shape index (κ2) is 8.41. The topological polar surface area (TPSA) is 82.1 Å². The Labute approximate surface area is 186 Å². The SMILES string of the molecule is COC(=O)C1=Cc2ccc(OCCO[Si](C)(C)C(C)(C)C)cc2[N+]1(C(=O)O)C(C)(C)C. The number of amides is 1. The number of hydrogen-bond donors (Lipinski definition) is 1. The second-order valence-corrected chi connectivity index (χ2v) is 15.1. The molecule has 0 spiro atoms. The van der Waals surface area contributed by atoms with Gasteiger partial charge in [0.15, 0.2) is 14.0 Å². The summed E-state index contributed by atoms with van der Waals surface area (Å²) in [5.74, 6) is -0.135. The molecule has 7 nitrogen and oxygen atoms in total. The molecule has 1 aromatic rings. The van der Waals surface area contributed by atoms with Gasteiger partial charge in [0, 0.05) is 17.7 Å². The summed E-state index contributed by atoms with van der Waals surface area (Å²) in [7, 11) is -0.617. The molecule has 0 aromatic heterocycles. The number of quaternary nitrogens is 1. The van der Waals surface area contributed by atoms with Gasteiger partial charge in [0.05, 0.1) is 13.7 Å². The first kappa shape index (κ1) is 25.1. The Hall–Kier alpha value is -2.16. The minimum Gasteiger partial charge on any atom is -0.491 e. The highest BCUT2D eigenvalue weighted by atomic mass is 28.4. The highest BCUT2D eigenvalue weighted by Gasteiger charge is 2.60. The quantitative estimate of drug-likeness (QED) is 0.270. The van der Waals surface area contributed by atoms with Gasteiger partial charge in [-0.05, 0) is 51.0 Å². The van der Waals surface area contributed by atoms with Crippen LogP contribution in [0.5, 0.6) is 5.75 Å². The summed E-state index contributed by atoms with van der Waals surface area (Å²) in [6.45, 7) is 17.1. The molecule has 1 atom stereocenters. The third-order valence-electron chi connectivity index (χ3n) is 6.33. The molecule has 31 heavy (non-hydrogen) atoms. The van der Waals surface area contributed by atoms with E-state index in [-0.39, 0.29) is 10.7 Å². The van der Waals surface area contributed by atoms with Crippen molar-refractivity contribution in [1.82, 2.24) is 4.48 Å². The number of methoxy groups -OCH3 is 1. The maximum atomic E-state index is 12.6. The van der Waals surface area contributed by atoms with Crippen LogP contribution in [0, 0.1) is 0 Å². The van der Waals surface area contributed by atoms with Gasteiger partial charge in [-0.15, -0.1) is 4.48 Å². The van der Waals surface area contributed by atoms with Crippen LogP contribution in [-0.2, 0) is 14.0 Å². The number of rotatable bonds is 6. The Bertz CT molecular complexity index is 894. The summed E-state index contributed by atoms with van der Waals surface area (Å²) < 4.78 is 16.3. The lowest BCUT2D eigenvalue weighted by Crippen LogP contribution is -2.64. The number of benzene rings is 1. The Morgan fingerprint density at radius 1 is 1.06 bits per heavy atom. The lowest BCUT2D eigenvalue weighted by molar-refractivity contribution is -0.138. The van der Waals surface area contributed by atoms with Crippen molar-refractivity contribution in [1.29, 1.82) is 0 Å². The van der Waals surface area contributed by atoms with E-state index in [2.05, 4.69) is 33.9 Å². The molecule has 0 aliphatic carbocycles. The van der Waals surface area contributed by atoms with E-state index < -0.39 is 30.4 Å². The number of nitrogens with zero attached hydrogens (tertiary/aromatic N) is 1. The van der Waals surface area contributed by atoms with Crippen LogP contribution in [-0.4, -0.2) is 51.3 Å². The van der Waals surface area contributed by atoms with E-state index in [9.17, 15) is 14.7 Å². The van der Waals surface area contributed by atoms with Gasteiger partial charge < -0.3 is 19.0 Å². The fourth-order valence-electron chi connectivity index (χ4n) is 3.59. The molecular weight excluding hydrogens is 414 g/mol. The van der Waals surface area contributed by atoms with Crippen LogP contribution in [0.2, 0.25) is 18.1 Å². The fourth-order valence-corrected chi connectivity index (χ4v) is 4.62. The lowest BCUT2D eigenvalue weighted by atomic mass is 9.99. The van der Waals surface area contributed by atoms with Crippen molar-refractivity contribution in [3.8, 4) is 5.75 Å². The summed E-state index contributed by atoms with van der Waals surface area (Å²) in [5, 5.41) is 10.4. The van der Waals surface area contributed by atoms with Gasteiger partial charge in [0.2, 0.25) is 5.70 Å². The van der Waals surface area contributed by atoms with Gasteiger partial charge in [-0.3, -0.25) is 0 Å². The molecule has 1 unspecified atom stereocenters. The van der Waals surface area contributed by atoms with Gasteiger partial charge in [-0.25, -0.2) is 4.79 Å². The van der Waals surface area contributed by atoms with Crippen molar-refractivity contribution in [3.63, 3.8) is 0 Å². The number of hydrogen-bond acceptors (Lipinski definition) is 5. The molecule has 8 heteroatoms. The van der Waals surface area contributed by atoms with Crippen LogP contribution in [0.4, 0.5) is 10.5 Å². The summed E-state index contributed by atoms with van der Waals surface area (Å²) in [6, 6.07) is 5.26. The molecule has 0 saturated carbocycles. The molecule has 1 aromatic carbocycles. The minimum absolute atomic E-state index is 0.0657. The highest BCUT2D eigenvalue weighted by molar-refractivity contribution is 6.74. The maximum Gasteiger partial charge on any atom is 0.524 e. The number of carboxylic acid groups (broad SMARTS) is 1. The lowest BCUT2D eigenvalue weighted by Gasteiger charge is -2.40. The number of ether oxygens (including phenoxy) is 2. The smallest absolute Gasteiger partial charge is 0.491 e. The zero-order valence-electron chi connectivity index (χ0n) is 20.2. The van der Waals surface area contributed by atoms with E-state index in [1.807, 2.05) is 0 Å². The van der Waals surface area contributed by atoms with Gasteiger partial charge >= 0.3 is 12.1 Å². The zero-order valence-corrected chi connectivity index (χ0v) is 21.2. The minimum atomic E-state index is -1.87. The normalized spacial score (nSPS) is 18.9. The van der Waals surface area contributed by atoms with Gasteiger partial charge in [0.25, 0.3) is 0 Å². The summed E-state index contributed by atoms with van der Waals surface area (Å²) in [5.41, 5.74) is 0.350. The highest BCUT2D eigenvalue weighted by Crippen LogP contribution is 2.48. The molecule has 1 heterocycles. The van der Waals surface area contributed by atoms with Crippen LogP contribution in [0.1, 0.15) is 47.1 Å². The zero-order chi connectivity index (χ0) is 23.8. The van der Waals surface area contributed by atoms with E-state index in [1.54, 1.807) is 45.0 Å². The Morgan fingerprint density at radius 2 is 1.68 bits per heavy atom. The van der Waals surface area contributed by atoms with E-state index in [1.165, 1.54) is 7.11 Å². The summed E-state index contributed by atoms with van der Waals surface area (Å²) >= 11 is 0. The largest absolute Gasteiger partial charge is 0.524 e. The molecule has 2 rings (SSSR count). The first-order valence-electron chi connectivity index (χ1n) is 10.4. The van der Waals surface area contributed by atoms with E-state index in [0.29, 0.717) is 30.2 Å². The monoisotopic (exact) mass is 450 g/mol. The molecule has 1 N–H and O–H groups in total. The molecule has 0 bridgehead atoms. The van der Waals surface area contributed by atoms with Crippen molar-refractivity contribution < 1.29 is 28.6 Å². The second-order valence-electron chi connectivity index (χ2n) is 10.3. The molecule has 1 amide bonds. The molecular formula is C23H36NO6Si+. The summed E-state index contributed by atoms with van der Waals surface area (Å²) in [6.07, 6.45) is 0.437. The molecule has 0 fully saturated rings. The Morgan fingerprint density at radius 3 is 2.16 bits per heavy atom. The van der Waals surface area contributed by atoms with Crippen molar-refractivity contribution in [2.24, 2.45) is 0 Å². The van der Waals surface area contributed by atoms with Crippen LogP contribution >= 0.6 is 0 Å². The number of carbonyl (C=O) groups is 2. The molecule has 1 aliphatic rings. The van der Waals surface area contributed by atoms with Crippen LogP contribution in [0.15, 0.2) is 23.9 Å². The average Bonchev–Trinajstić information content (AvgIpc) is 2.99. The Kier molecular flexibility index (Phi) is 6.81. The number of esters is 1. The van der Waals surface area contributed by atoms with Crippen molar-refractivity contribution in [3.05, 3.63) is 29.5 Å². The predicted molar refractivity (Wildman–Crippen MR) is 125 cm³/mol. The molecule has 1 aliphatic heterocycles. The molecule has 0 radical (unpaired) electrons. The van der Waals surface area contributed by atoms with Gasteiger partial charge in [0.1, 0.15) is 17.9 Å². The Balaban J connectivity index is 2.33. The average molecular weight is 451 g/mol. The third kappa shape index (κ3) is 4.42. The first-order valence-corrected chi connectivity index (χ1v) is 13.3. The van der Waals surface area contributed by atoms with Crippen molar-refractivity contribution in [2.75, 3.05) is 20.3 Å². The van der Waals surface area contributed by atoms with Crippen molar-refractivity contribution >= 4 is 32.1 Å². The van der Waals surface area contributed by atoms with E-state index in [4.69, 9.17) is 13.9 Å². The summed E-state index contributed by atoms with van der Waals surface area (Å²) in [4.78, 5) is 25.1. The van der Waals surface area contributed by atoms with Crippen molar-refractivity contribution in [2.45, 2.75) is 65.2 Å². The number of fused-ring (bicyclic) bond motifs is 1. The van der Waals surface area contributed by atoms with Crippen LogP contribution < -0.4 is 9.22 Å². The number of carbonyl (C=O) groups excluding carboxylic acids is 1. The first-order chi connectivity index (χ1) is 14.1. The van der Waals surface area contributed by atoms with E-state index >= 15 is 0 Å². The maximum absolute atomic E-state index is 12.6. The predicted octanol–water partition coefficient (Wildman–Crippen LogP) is 5.40.